The molecule has 2 amide bonds. The van der Waals surface area contributed by atoms with Crippen molar-refractivity contribution in [2.45, 2.75) is 33.1 Å². The Balaban J connectivity index is 2.71. The summed E-state index contributed by atoms with van der Waals surface area (Å²) in [5, 5.41) is 5.49. The topological polar surface area (TPSA) is 84.5 Å². The molecule has 0 radical (unpaired) electrons. The summed E-state index contributed by atoms with van der Waals surface area (Å²) in [6, 6.07) is 5.26. The highest BCUT2D eigenvalue weighted by Gasteiger charge is 2.11. The molecule has 0 bridgehead atoms. The number of nitrogens with one attached hydrogen (secondary N) is 2. The molecule has 0 aliphatic carbocycles. The maximum absolute atomic E-state index is 11.8. The Morgan fingerprint density at radius 2 is 1.62 bits per heavy atom. The number of ether oxygens (including phenoxy) is 1. The van der Waals surface area contributed by atoms with E-state index in [0.29, 0.717) is 17.8 Å². The molecule has 114 valence electrons. The first kappa shape index (κ1) is 16.7. The molecule has 0 saturated carbocycles. The van der Waals surface area contributed by atoms with E-state index in [1.807, 2.05) is 0 Å². The molecule has 0 unspecified atom stereocenters. The van der Waals surface area contributed by atoms with E-state index < -0.39 is 5.97 Å². The van der Waals surface area contributed by atoms with Gasteiger partial charge in [-0.25, -0.2) is 0 Å². The maximum Gasteiger partial charge on any atom is 0.306 e. The lowest BCUT2D eigenvalue weighted by Gasteiger charge is -2.13. The molecular formula is C15H20N2O4. The summed E-state index contributed by atoms with van der Waals surface area (Å²) in [4.78, 5) is 34.2. The quantitative estimate of drug-likeness (QED) is 0.787. The van der Waals surface area contributed by atoms with Gasteiger partial charge in [0.1, 0.15) is 0 Å². The van der Waals surface area contributed by atoms with Crippen LogP contribution in [0.4, 0.5) is 11.4 Å². The van der Waals surface area contributed by atoms with E-state index in [4.69, 9.17) is 0 Å². The van der Waals surface area contributed by atoms with E-state index in [-0.39, 0.29) is 24.7 Å². The van der Waals surface area contributed by atoms with Crippen molar-refractivity contribution in [1.29, 1.82) is 0 Å². The fraction of sp³-hybridized carbons (Fsp3) is 0.400. The van der Waals surface area contributed by atoms with E-state index >= 15 is 0 Å². The predicted octanol–water partition coefficient (Wildman–Crippen LogP) is 2.24. The van der Waals surface area contributed by atoms with Crippen LogP contribution in [0.3, 0.4) is 0 Å². The van der Waals surface area contributed by atoms with E-state index in [1.54, 1.807) is 32.0 Å². The lowest BCUT2D eigenvalue weighted by Crippen LogP contribution is -2.16. The van der Waals surface area contributed by atoms with Crippen molar-refractivity contribution in [2.75, 3.05) is 17.7 Å². The second-order valence-corrected chi connectivity index (χ2v) is 4.50. The molecule has 6 heteroatoms. The number of carbonyl (C=O) groups excluding carboxylic acids is 3. The molecule has 0 heterocycles. The van der Waals surface area contributed by atoms with E-state index in [1.165, 1.54) is 7.11 Å². The Morgan fingerprint density at radius 1 is 1.05 bits per heavy atom. The summed E-state index contributed by atoms with van der Waals surface area (Å²) in [6.07, 6.45) is 0.473. The average molecular weight is 292 g/mol. The molecule has 1 aromatic carbocycles. The Morgan fingerprint density at radius 3 is 2.14 bits per heavy atom. The highest BCUT2D eigenvalue weighted by molar-refractivity contribution is 5.96. The smallest absolute Gasteiger partial charge is 0.306 e. The number of amides is 2. The van der Waals surface area contributed by atoms with E-state index in [9.17, 15) is 14.4 Å². The minimum atomic E-state index is -0.425. The van der Waals surface area contributed by atoms with Gasteiger partial charge in [-0.2, -0.15) is 0 Å². The van der Waals surface area contributed by atoms with Crippen LogP contribution < -0.4 is 10.6 Å². The largest absolute Gasteiger partial charge is 0.469 e. The van der Waals surface area contributed by atoms with Crippen molar-refractivity contribution >= 4 is 29.2 Å². The molecule has 0 aromatic heterocycles. The zero-order chi connectivity index (χ0) is 15.8. The first-order valence-corrected chi connectivity index (χ1v) is 6.74. The molecular weight excluding hydrogens is 272 g/mol. The number of hydrogen-bond donors (Lipinski definition) is 2. The van der Waals surface area contributed by atoms with Crippen LogP contribution in [-0.4, -0.2) is 24.9 Å². The molecule has 0 aliphatic heterocycles. The summed E-state index contributed by atoms with van der Waals surface area (Å²) < 4.78 is 4.48. The maximum atomic E-state index is 11.8. The van der Waals surface area contributed by atoms with E-state index in [2.05, 4.69) is 15.4 Å². The van der Waals surface area contributed by atoms with Crippen LogP contribution in [0.15, 0.2) is 18.2 Å². The fourth-order valence-corrected chi connectivity index (χ4v) is 1.68. The minimum absolute atomic E-state index is 0.0354. The average Bonchev–Trinajstić information content (AvgIpc) is 2.48. The normalized spacial score (nSPS) is 9.86. The third-order valence-corrected chi connectivity index (χ3v) is 2.99. The van der Waals surface area contributed by atoms with Crippen molar-refractivity contribution in [3.8, 4) is 0 Å². The lowest BCUT2D eigenvalue weighted by molar-refractivity contribution is -0.141. The summed E-state index contributed by atoms with van der Waals surface area (Å²) in [5.74, 6) is -0.791. The van der Waals surface area contributed by atoms with Crippen molar-refractivity contribution in [2.24, 2.45) is 0 Å². The molecule has 1 aromatic rings. The lowest BCUT2D eigenvalue weighted by atomic mass is 10.1. The number of anilines is 2. The first-order chi connectivity index (χ1) is 9.97. The van der Waals surface area contributed by atoms with Crippen molar-refractivity contribution in [3.63, 3.8) is 0 Å². The van der Waals surface area contributed by atoms with Crippen molar-refractivity contribution in [3.05, 3.63) is 23.8 Å². The number of esters is 1. The molecule has 0 aliphatic rings. The van der Waals surface area contributed by atoms with E-state index in [0.717, 1.165) is 5.56 Å². The third-order valence-electron chi connectivity index (χ3n) is 2.99. The Labute approximate surface area is 123 Å². The molecule has 2 N–H and O–H groups in total. The Hall–Kier alpha value is -2.37. The van der Waals surface area contributed by atoms with Crippen LogP contribution in [0, 0.1) is 6.92 Å². The second kappa shape index (κ2) is 8.04. The zero-order valence-electron chi connectivity index (χ0n) is 12.5. The van der Waals surface area contributed by atoms with Gasteiger partial charge in [0.2, 0.25) is 11.8 Å². The third kappa shape index (κ3) is 5.25. The van der Waals surface area contributed by atoms with Gasteiger partial charge in [0.15, 0.2) is 0 Å². The van der Waals surface area contributed by atoms with Gasteiger partial charge < -0.3 is 15.4 Å². The highest BCUT2D eigenvalue weighted by atomic mass is 16.5. The predicted molar refractivity (Wildman–Crippen MR) is 80.0 cm³/mol. The van der Waals surface area contributed by atoms with Gasteiger partial charge >= 0.3 is 5.97 Å². The molecule has 0 fully saturated rings. The van der Waals surface area contributed by atoms with Crippen LogP contribution >= 0.6 is 0 Å². The molecule has 0 atom stereocenters. The number of methoxy groups -OCH3 is 1. The zero-order valence-corrected chi connectivity index (χ0v) is 12.5. The Bertz CT molecular complexity index is 540. The van der Waals surface area contributed by atoms with Crippen LogP contribution in [-0.2, 0) is 19.1 Å². The molecule has 1 rings (SSSR count). The highest BCUT2D eigenvalue weighted by Crippen LogP contribution is 2.23. The molecule has 21 heavy (non-hydrogen) atoms. The van der Waals surface area contributed by atoms with Gasteiger partial charge in [-0.3, -0.25) is 14.4 Å². The van der Waals surface area contributed by atoms with Gasteiger partial charge in [0.25, 0.3) is 0 Å². The number of benzene rings is 1. The first-order valence-electron chi connectivity index (χ1n) is 6.74. The van der Waals surface area contributed by atoms with Crippen LogP contribution in [0.5, 0.6) is 0 Å². The van der Waals surface area contributed by atoms with Gasteiger partial charge in [0, 0.05) is 24.2 Å². The standard InChI is InChI=1S/C15H20N2O4/c1-4-13(18)16-11-6-5-7-12(10(11)2)17-14(19)8-9-15(20)21-3/h5-7H,4,8-9H2,1-3H3,(H,16,18)(H,17,19). The van der Waals surface area contributed by atoms with Crippen molar-refractivity contribution in [1.82, 2.24) is 0 Å². The molecule has 0 saturated heterocycles. The van der Waals surface area contributed by atoms with Gasteiger partial charge in [-0.1, -0.05) is 13.0 Å². The summed E-state index contributed by atoms with van der Waals surface area (Å²) in [7, 11) is 1.28. The number of carbonyl (C=O) groups is 3. The van der Waals surface area contributed by atoms with Crippen LogP contribution in [0.1, 0.15) is 31.7 Å². The summed E-state index contributed by atoms with van der Waals surface area (Å²) >= 11 is 0. The molecule has 6 nitrogen and oxygen atoms in total. The summed E-state index contributed by atoms with van der Waals surface area (Å²) in [6.45, 7) is 3.57. The minimum Gasteiger partial charge on any atom is -0.469 e. The van der Waals surface area contributed by atoms with Gasteiger partial charge in [-0.05, 0) is 24.6 Å². The summed E-state index contributed by atoms with van der Waals surface area (Å²) in [5.41, 5.74) is 2.04. The number of rotatable bonds is 6. The van der Waals surface area contributed by atoms with Gasteiger partial charge in [-0.15, -0.1) is 0 Å². The SMILES string of the molecule is CCC(=O)Nc1cccc(NC(=O)CCC(=O)OC)c1C. The monoisotopic (exact) mass is 292 g/mol. The second-order valence-electron chi connectivity index (χ2n) is 4.50. The molecule has 0 spiro atoms. The van der Waals surface area contributed by atoms with Crippen LogP contribution in [0.25, 0.3) is 0 Å². The van der Waals surface area contributed by atoms with Gasteiger partial charge in [0.05, 0.1) is 13.5 Å². The number of hydrogen-bond acceptors (Lipinski definition) is 4. The Kier molecular flexibility index (Phi) is 6.39. The fourth-order valence-electron chi connectivity index (χ4n) is 1.68. The van der Waals surface area contributed by atoms with Crippen molar-refractivity contribution < 1.29 is 19.1 Å². The van der Waals surface area contributed by atoms with Crippen LogP contribution in [0.2, 0.25) is 0 Å².